The largest absolute Gasteiger partial charge is 0.497 e. The number of ether oxygens (including phenoxy) is 4. The number of rotatable bonds is 12. The van der Waals surface area contributed by atoms with Crippen LogP contribution in [0.1, 0.15) is 80.5 Å². The second-order valence-corrected chi connectivity index (χ2v) is 15.5. The Morgan fingerprint density at radius 1 is 0.453 bits per heavy atom. The summed E-state index contributed by atoms with van der Waals surface area (Å²) in [6, 6.07) is 57.1. The topological polar surface area (TPSA) is 74.3 Å². The third-order valence-electron chi connectivity index (χ3n) is 10.5. The first-order chi connectivity index (χ1) is 30.8. The van der Waals surface area contributed by atoms with E-state index in [0.717, 1.165) is 56.4 Å². The number of carbonyl (C=O) groups excluding carboxylic acids is 2. The molecule has 0 amide bonds. The number of carbonyl (C=O) groups is 2. The van der Waals surface area contributed by atoms with Gasteiger partial charge in [-0.05, 0) is 138 Å². The van der Waals surface area contributed by atoms with Crippen LogP contribution in [0.25, 0.3) is 11.6 Å². The number of esters is 2. The maximum atomic E-state index is 11.4. The van der Waals surface area contributed by atoms with Gasteiger partial charge in [-0.1, -0.05) is 124 Å². The molecule has 0 saturated carbocycles. The quantitative estimate of drug-likeness (QED) is 0.0688. The standard InChI is InChI=1S/C37H33NO3.C18H20O3.C2H6/c1-26-5-15-32(16-6-26)38(33-17-7-27(2)8-18-33)34-19-9-29(10-20-34)25-37(30-11-21-35(40-4)22-12-30)31-13-23-36(24-14-31)41-28(3)39;1-13(19)21-17-11-7-15(8-12-17)18(2,3)14-5-9-16(20-4)10-6-14;1-2/h5-25H,1-4H3;5-12H,1-4H3;1-2H3/b37-25+;;. The molecule has 0 aliphatic carbocycles. The van der Waals surface area contributed by atoms with Gasteiger partial charge >= 0.3 is 11.9 Å². The van der Waals surface area contributed by atoms with Crippen LogP contribution in [0.3, 0.4) is 0 Å². The van der Waals surface area contributed by atoms with E-state index in [4.69, 9.17) is 18.9 Å². The van der Waals surface area contributed by atoms with Crippen molar-refractivity contribution < 1.29 is 28.5 Å². The van der Waals surface area contributed by atoms with Crippen LogP contribution >= 0.6 is 0 Å². The summed E-state index contributed by atoms with van der Waals surface area (Å²) in [6.07, 6.45) is 2.18. The van der Waals surface area contributed by atoms with Gasteiger partial charge in [-0.2, -0.15) is 0 Å². The minimum atomic E-state index is -0.339. The van der Waals surface area contributed by atoms with Gasteiger partial charge in [-0.25, -0.2) is 0 Å². The summed E-state index contributed by atoms with van der Waals surface area (Å²) in [5.41, 5.74) is 12.1. The maximum Gasteiger partial charge on any atom is 0.308 e. The minimum Gasteiger partial charge on any atom is -0.497 e. The van der Waals surface area contributed by atoms with E-state index in [0.29, 0.717) is 11.5 Å². The molecular formula is C57H59NO6. The lowest BCUT2D eigenvalue weighted by Crippen LogP contribution is -2.18. The molecule has 7 rings (SSSR count). The Morgan fingerprint density at radius 3 is 1.11 bits per heavy atom. The zero-order valence-corrected chi connectivity index (χ0v) is 38.6. The molecule has 0 aromatic heterocycles. The predicted octanol–water partition coefficient (Wildman–Crippen LogP) is 14.3. The van der Waals surface area contributed by atoms with Crippen molar-refractivity contribution >= 4 is 40.6 Å². The van der Waals surface area contributed by atoms with Gasteiger partial charge in [0.1, 0.15) is 23.0 Å². The highest BCUT2D eigenvalue weighted by Gasteiger charge is 2.23. The molecule has 7 aromatic carbocycles. The van der Waals surface area contributed by atoms with E-state index in [-0.39, 0.29) is 17.4 Å². The third kappa shape index (κ3) is 12.8. The van der Waals surface area contributed by atoms with Gasteiger partial charge < -0.3 is 23.8 Å². The van der Waals surface area contributed by atoms with Crippen molar-refractivity contribution in [1.29, 1.82) is 0 Å². The monoisotopic (exact) mass is 853 g/mol. The molecule has 7 nitrogen and oxygen atoms in total. The lowest BCUT2D eigenvalue weighted by atomic mass is 9.78. The maximum absolute atomic E-state index is 11.4. The van der Waals surface area contributed by atoms with Gasteiger partial charge in [-0.15, -0.1) is 0 Å². The van der Waals surface area contributed by atoms with Crippen molar-refractivity contribution in [2.45, 2.75) is 60.8 Å². The van der Waals surface area contributed by atoms with E-state index in [1.54, 1.807) is 14.2 Å². The Kier molecular flexibility index (Phi) is 16.9. The summed E-state index contributed by atoms with van der Waals surface area (Å²) in [5, 5.41) is 0. The van der Waals surface area contributed by atoms with E-state index >= 15 is 0 Å². The van der Waals surface area contributed by atoms with Gasteiger partial charge in [0.2, 0.25) is 0 Å². The highest BCUT2D eigenvalue weighted by Crippen LogP contribution is 2.37. The smallest absolute Gasteiger partial charge is 0.308 e. The molecule has 0 bridgehead atoms. The number of hydrogen-bond acceptors (Lipinski definition) is 7. The molecule has 0 aliphatic heterocycles. The van der Waals surface area contributed by atoms with Crippen molar-refractivity contribution in [3.8, 4) is 23.0 Å². The van der Waals surface area contributed by atoms with Crippen molar-refractivity contribution in [1.82, 2.24) is 0 Å². The number of nitrogens with zero attached hydrogens (tertiary/aromatic N) is 1. The Hall–Kier alpha value is -7.38. The first kappa shape index (κ1) is 47.7. The number of aryl methyl sites for hydroxylation is 2. The number of hydrogen-bond donors (Lipinski definition) is 0. The summed E-state index contributed by atoms with van der Waals surface area (Å²) >= 11 is 0. The van der Waals surface area contributed by atoms with Crippen molar-refractivity contribution in [2.75, 3.05) is 19.1 Å². The summed E-state index contributed by atoms with van der Waals surface area (Å²) < 4.78 is 20.9. The van der Waals surface area contributed by atoms with Crippen LogP contribution in [0.5, 0.6) is 23.0 Å². The van der Waals surface area contributed by atoms with Crippen LogP contribution in [0.4, 0.5) is 17.1 Å². The number of anilines is 3. The van der Waals surface area contributed by atoms with Gasteiger partial charge in [0, 0.05) is 36.3 Å². The highest BCUT2D eigenvalue weighted by atomic mass is 16.5. The average molecular weight is 854 g/mol. The van der Waals surface area contributed by atoms with Gasteiger partial charge in [0.15, 0.2) is 0 Å². The fourth-order valence-electron chi connectivity index (χ4n) is 6.97. The van der Waals surface area contributed by atoms with E-state index in [1.165, 1.54) is 30.5 Å². The van der Waals surface area contributed by atoms with Crippen LogP contribution in [0, 0.1) is 13.8 Å². The minimum absolute atomic E-state index is 0.138. The molecule has 0 aliphatic rings. The summed E-state index contributed by atoms with van der Waals surface area (Å²) in [6.45, 7) is 15.3. The first-order valence-electron chi connectivity index (χ1n) is 21.4. The SMILES string of the molecule is CC.COc1ccc(/C(=C\c2ccc(N(c3ccc(C)cc3)c3ccc(C)cc3)cc2)c2ccc(OC(C)=O)cc2)cc1.COc1ccc(C(C)(C)c2ccc(OC(C)=O)cc2)cc1. The van der Waals surface area contributed by atoms with Crippen LogP contribution < -0.4 is 23.8 Å². The molecule has 7 heteroatoms. The molecule has 0 spiro atoms. The van der Waals surface area contributed by atoms with Crippen LogP contribution in [-0.4, -0.2) is 26.2 Å². The molecule has 0 radical (unpaired) electrons. The molecule has 0 heterocycles. The predicted molar refractivity (Wildman–Crippen MR) is 263 cm³/mol. The fraction of sp³-hybridized carbons (Fsp3) is 0.193. The summed E-state index contributed by atoms with van der Waals surface area (Å²) in [4.78, 5) is 24.6. The highest BCUT2D eigenvalue weighted by molar-refractivity contribution is 5.92. The second-order valence-electron chi connectivity index (χ2n) is 15.5. The molecular weight excluding hydrogens is 795 g/mol. The zero-order valence-electron chi connectivity index (χ0n) is 38.6. The lowest BCUT2D eigenvalue weighted by Gasteiger charge is -2.26. The van der Waals surface area contributed by atoms with Gasteiger partial charge in [0.25, 0.3) is 0 Å². The van der Waals surface area contributed by atoms with Crippen molar-refractivity contribution in [3.05, 3.63) is 209 Å². The normalized spacial score (nSPS) is 10.9. The first-order valence-corrected chi connectivity index (χ1v) is 21.4. The molecule has 0 unspecified atom stereocenters. The van der Waals surface area contributed by atoms with E-state index < -0.39 is 0 Å². The Labute approximate surface area is 379 Å². The van der Waals surface area contributed by atoms with E-state index in [9.17, 15) is 9.59 Å². The number of methoxy groups -OCH3 is 2. The van der Waals surface area contributed by atoms with Crippen LogP contribution in [-0.2, 0) is 15.0 Å². The molecule has 0 saturated heterocycles. The average Bonchev–Trinajstić information content (AvgIpc) is 3.31. The van der Waals surface area contributed by atoms with Crippen LogP contribution in [0.2, 0.25) is 0 Å². The summed E-state index contributed by atoms with van der Waals surface area (Å²) in [7, 11) is 3.32. The fourth-order valence-corrected chi connectivity index (χ4v) is 6.97. The lowest BCUT2D eigenvalue weighted by molar-refractivity contribution is -0.132. The molecule has 0 atom stereocenters. The number of benzene rings is 7. The molecule has 328 valence electrons. The van der Waals surface area contributed by atoms with E-state index in [2.05, 4.69) is 136 Å². The summed E-state index contributed by atoms with van der Waals surface area (Å²) in [5.74, 6) is 2.09. The molecule has 0 N–H and O–H groups in total. The molecule has 0 fully saturated rings. The molecule has 64 heavy (non-hydrogen) atoms. The third-order valence-corrected chi connectivity index (χ3v) is 10.5. The van der Waals surface area contributed by atoms with Crippen molar-refractivity contribution in [3.63, 3.8) is 0 Å². The van der Waals surface area contributed by atoms with Crippen LogP contribution in [0.15, 0.2) is 170 Å². The molecule has 7 aromatic rings. The second kappa shape index (κ2) is 22.6. The van der Waals surface area contributed by atoms with Gasteiger partial charge in [0.05, 0.1) is 14.2 Å². The van der Waals surface area contributed by atoms with E-state index in [1.807, 2.05) is 86.6 Å². The van der Waals surface area contributed by atoms with Gasteiger partial charge in [-0.3, -0.25) is 9.59 Å². The zero-order chi connectivity index (χ0) is 46.2. The van der Waals surface area contributed by atoms with Crippen molar-refractivity contribution in [2.24, 2.45) is 0 Å². The Balaban J connectivity index is 0.000000282. The Bertz CT molecular complexity index is 2530. The Morgan fingerprint density at radius 2 is 0.766 bits per heavy atom.